The topological polar surface area (TPSA) is 75.3 Å². The molecular weight excluding hydrogens is 328 g/mol. The first kappa shape index (κ1) is 14.3. The molecule has 0 spiro atoms. The zero-order valence-electron chi connectivity index (χ0n) is 10.3. The van der Waals surface area contributed by atoms with Gasteiger partial charge >= 0.3 is 0 Å². The van der Waals surface area contributed by atoms with Gasteiger partial charge in [0.15, 0.2) is 0 Å². The number of thiocarbonyl (C=S) groups is 1. The molecule has 1 saturated carbocycles. The summed E-state index contributed by atoms with van der Waals surface area (Å²) in [5.41, 5.74) is 5.39. The number of phenols is 1. The second-order valence-corrected chi connectivity index (χ2v) is 6.12. The molecule has 0 saturated heterocycles. The summed E-state index contributed by atoms with van der Waals surface area (Å²) in [4.78, 5) is 12.6. The van der Waals surface area contributed by atoms with Crippen LogP contribution in [0, 0.1) is 0 Å². The van der Waals surface area contributed by atoms with Gasteiger partial charge in [-0.25, -0.2) is 0 Å². The van der Waals surface area contributed by atoms with Gasteiger partial charge in [-0.2, -0.15) is 0 Å². The quantitative estimate of drug-likeness (QED) is 0.737. The van der Waals surface area contributed by atoms with Crippen LogP contribution in [0.4, 0.5) is 0 Å². The van der Waals surface area contributed by atoms with Gasteiger partial charge in [0, 0.05) is 4.47 Å². The highest BCUT2D eigenvalue weighted by atomic mass is 79.9. The minimum Gasteiger partial charge on any atom is -0.507 e. The third-order valence-corrected chi connectivity index (χ3v) is 4.37. The van der Waals surface area contributed by atoms with E-state index in [1.54, 1.807) is 12.1 Å². The minimum atomic E-state index is -0.605. The molecule has 0 aromatic heterocycles. The first-order chi connectivity index (χ1) is 8.94. The second kappa shape index (κ2) is 5.46. The first-order valence-corrected chi connectivity index (χ1v) is 7.26. The molecule has 1 aliphatic carbocycles. The van der Waals surface area contributed by atoms with Crippen molar-refractivity contribution in [2.75, 3.05) is 0 Å². The zero-order chi connectivity index (χ0) is 14.0. The van der Waals surface area contributed by atoms with Gasteiger partial charge in [-0.1, -0.05) is 41.0 Å². The van der Waals surface area contributed by atoms with Crippen LogP contribution in [-0.4, -0.2) is 21.5 Å². The van der Waals surface area contributed by atoms with Gasteiger partial charge in [0.25, 0.3) is 5.91 Å². The second-order valence-electron chi connectivity index (χ2n) is 4.77. The molecule has 1 aliphatic rings. The molecule has 0 bridgehead atoms. The average molecular weight is 343 g/mol. The van der Waals surface area contributed by atoms with Crippen molar-refractivity contribution >= 4 is 39.0 Å². The van der Waals surface area contributed by atoms with Gasteiger partial charge in [-0.15, -0.1) is 0 Å². The fraction of sp³-hybridized carbons (Fsp3) is 0.385. The van der Waals surface area contributed by atoms with E-state index in [0.717, 1.165) is 25.7 Å². The van der Waals surface area contributed by atoms with E-state index in [0.29, 0.717) is 9.46 Å². The first-order valence-electron chi connectivity index (χ1n) is 6.05. The molecule has 0 radical (unpaired) electrons. The molecule has 1 aromatic rings. The molecule has 4 nitrogen and oxygen atoms in total. The van der Waals surface area contributed by atoms with Gasteiger partial charge in [-0.05, 0) is 31.0 Å². The van der Waals surface area contributed by atoms with E-state index in [9.17, 15) is 9.90 Å². The maximum absolute atomic E-state index is 12.2. The normalized spacial score (nSPS) is 17.1. The van der Waals surface area contributed by atoms with Crippen LogP contribution < -0.4 is 11.1 Å². The highest BCUT2D eigenvalue weighted by Crippen LogP contribution is 2.31. The lowest BCUT2D eigenvalue weighted by Crippen LogP contribution is -2.54. The Balaban J connectivity index is 2.22. The third kappa shape index (κ3) is 2.90. The molecule has 1 amide bonds. The summed E-state index contributed by atoms with van der Waals surface area (Å²) >= 11 is 8.32. The number of phenolic OH excluding ortho intramolecular Hbond substituents is 1. The number of nitrogens with one attached hydrogen (secondary N) is 1. The molecule has 0 unspecified atom stereocenters. The Kier molecular flexibility index (Phi) is 4.10. The number of nitrogens with two attached hydrogens (primary N) is 1. The molecule has 6 heteroatoms. The molecule has 1 aromatic carbocycles. The SMILES string of the molecule is NC(=S)C1(NC(=O)c2ccc(Br)cc2O)CCCC1. The number of rotatable bonds is 3. The van der Waals surface area contributed by atoms with E-state index in [1.807, 2.05) is 0 Å². The fourth-order valence-corrected chi connectivity index (χ4v) is 3.00. The van der Waals surface area contributed by atoms with Gasteiger partial charge in [0.05, 0.1) is 16.1 Å². The Hall–Kier alpha value is -1.14. The number of carbonyl (C=O) groups is 1. The summed E-state index contributed by atoms with van der Waals surface area (Å²) < 4.78 is 0.714. The number of hydrogen-bond donors (Lipinski definition) is 3. The maximum Gasteiger partial charge on any atom is 0.255 e. The fourth-order valence-electron chi connectivity index (χ4n) is 2.39. The van der Waals surface area contributed by atoms with Crippen molar-refractivity contribution in [2.24, 2.45) is 5.73 Å². The van der Waals surface area contributed by atoms with Crippen molar-refractivity contribution in [3.8, 4) is 5.75 Å². The van der Waals surface area contributed by atoms with E-state index in [4.69, 9.17) is 18.0 Å². The lowest BCUT2D eigenvalue weighted by molar-refractivity contribution is 0.0922. The van der Waals surface area contributed by atoms with Gasteiger partial charge in [0.2, 0.25) is 0 Å². The Bertz CT molecular complexity index is 527. The Morgan fingerprint density at radius 1 is 1.42 bits per heavy atom. The predicted octanol–water partition coefficient (Wildman–Crippen LogP) is 2.48. The van der Waals surface area contributed by atoms with Crippen molar-refractivity contribution in [2.45, 2.75) is 31.2 Å². The molecule has 0 atom stereocenters. The zero-order valence-corrected chi connectivity index (χ0v) is 12.7. The smallest absolute Gasteiger partial charge is 0.255 e. The molecule has 1 fully saturated rings. The lowest BCUT2D eigenvalue weighted by Gasteiger charge is -2.29. The number of carbonyl (C=O) groups excluding carboxylic acids is 1. The highest BCUT2D eigenvalue weighted by molar-refractivity contribution is 9.10. The van der Waals surface area contributed by atoms with Crippen molar-refractivity contribution < 1.29 is 9.90 Å². The van der Waals surface area contributed by atoms with Crippen molar-refractivity contribution in [1.82, 2.24) is 5.32 Å². The molecule has 19 heavy (non-hydrogen) atoms. The van der Waals surface area contributed by atoms with Crippen LogP contribution in [0.15, 0.2) is 22.7 Å². The van der Waals surface area contributed by atoms with Crippen LogP contribution in [0.3, 0.4) is 0 Å². The summed E-state index contributed by atoms with van der Waals surface area (Å²) in [7, 11) is 0. The monoisotopic (exact) mass is 342 g/mol. The predicted molar refractivity (Wildman–Crippen MR) is 81.3 cm³/mol. The number of aromatic hydroxyl groups is 1. The number of hydrogen-bond acceptors (Lipinski definition) is 3. The van der Waals surface area contributed by atoms with Crippen molar-refractivity contribution in [1.29, 1.82) is 0 Å². The summed E-state index contributed by atoms with van der Waals surface area (Å²) in [5.74, 6) is -0.414. The van der Waals surface area contributed by atoms with E-state index < -0.39 is 5.54 Å². The molecule has 2 rings (SSSR count). The van der Waals surface area contributed by atoms with Crippen molar-refractivity contribution in [3.63, 3.8) is 0 Å². The Labute approximate surface area is 125 Å². The number of amides is 1. The molecule has 0 aliphatic heterocycles. The highest BCUT2D eigenvalue weighted by Gasteiger charge is 2.38. The van der Waals surface area contributed by atoms with Crippen LogP contribution >= 0.6 is 28.1 Å². The van der Waals surface area contributed by atoms with Crippen LogP contribution in [0.5, 0.6) is 5.75 Å². The van der Waals surface area contributed by atoms with Crippen LogP contribution in [-0.2, 0) is 0 Å². The molecule has 0 heterocycles. The van der Waals surface area contributed by atoms with E-state index in [2.05, 4.69) is 21.2 Å². The molecular formula is C13H15BrN2O2S. The van der Waals surface area contributed by atoms with E-state index in [-0.39, 0.29) is 17.2 Å². The minimum absolute atomic E-state index is 0.0667. The van der Waals surface area contributed by atoms with Gasteiger partial charge in [0.1, 0.15) is 5.75 Å². The number of halogens is 1. The average Bonchev–Trinajstić information content (AvgIpc) is 2.78. The van der Waals surface area contributed by atoms with Crippen molar-refractivity contribution in [3.05, 3.63) is 28.2 Å². The van der Waals surface area contributed by atoms with Crippen LogP contribution in [0.2, 0.25) is 0 Å². The van der Waals surface area contributed by atoms with Crippen LogP contribution in [0.25, 0.3) is 0 Å². The number of benzene rings is 1. The van der Waals surface area contributed by atoms with Crippen LogP contribution in [0.1, 0.15) is 36.0 Å². The van der Waals surface area contributed by atoms with Gasteiger partial charge < -0.3 is 16.2 Å². The summed E-state index contributed by atoms with van der Waals surface area (Å²) in [5, 5.41) is 12.7. The van der Waals surface area contributed by atoms with Gasteiger partial charge in [-0.3, -0.25) is 4.79 Å². The Morgan fingerprint density at radius 3 is 2.58 bits per heavy atom. The summed E-state index contributed by atoms with van der Waals surface area (Å²) in [6.07, 6.45) is 3.49. The molecule has 102 valence electrons. The third-order valence-electron chi connectivity index (χ3n) is 3.49. The Morgan fingerprint density at radius 2 is 2.05 bits per heavy atom. The van der Waals surface area contributed by atoms with E-state index >= 15 is 0 Å². The standard InChI is InChI=1S/C13H15BrN2O2S/c14-8-3-4-9(10(17)7-8)11(18)16-13(12(15)19)5-1-2-6-13/h3-4,7,17H,1-2,5-6H2,(H2,15,19)(H,16,18). The van der Waals surface area contributed by atoms with E-state index in [1.165, 1.54) is 6.07 Å². The lowest BCUT2D eigenvalue weighted by atomic mass is 9.97. The largest absolute Gasteiger partial charge is 0.507 e. The molecule has 4 N–H and O–H groups in total. The summed E-state index contributed by atoms with van der Waals surface area (Å²) in [6, 6.07) is 4.75. The maximum atomic E-state index is 12.2. The summed E-state index contributed by atoms with van der Waals surface area (Å²) in [6.45, 7) is 0.